The van der Waals surface area contributed by atoms with Gasteiger partial charge in [-0.2, -0.15) is 10.4 Å². The Labute approximate surface area is 144 Å². The van der Waals surface area contributed by atoms with Crippen molar-refractivity contribution in [1.82, 2.24) is 9.78 Å². The van der Waals surface area contributed by atoms with Gasteiger partial charge in [0.2, 0.25) is 5.91 Å². The number of benzene rings is 1. The second-order valence-electron chi connectivity index (χ2n) is 6.27. The lowest BCUT2D eigenvalue weighted by Crippen LogP contribution is -2.32. The quantitative estimate of drug-likeness (QED) is 0.891. The normalized spacial score (nSPS) is 15.5. The fourth-order valence-corrected chi connectivity index (χ4v) is 3.21. The zero-order valence-corrected chi connectivity index (χ0v) is 13.8. The van der Waals surface area contributed by atoms with Crippen LogP contribution >= 0.6 is 0 Å². The third-order valence-corrected chi connectivity index (χ3v) is 4.69. The first-order valence-electron chi connectivity index (χ1n) is 8.08. The van der Waals surface area contributed by atoms with Gasteiger partial charge >= 0.3 is 5.97 Å². The number of aromatic nitrogens is 2. The molecule has 7 heteroatoms. The van der Waals surface area contributed by atoms with Crippen LogP contribution in [0.3, 0.4) is 0 Å². The summed E-state index contributed by atoms with van der Waals surface area (Å²) in [6, 6.07) is 9.15. The fraction of sp³-hybridized carbons (Fsp3) is 0.333. The van der Waals surface area contributed by atoms with Gasteiger partial charge in [0.05, 0.1) is 23.6 Å². The number of carboxylic acids is 1. The van der Waals surface area contributed by atoms with Crippen LogP contribution in [0.15, 0.2) is 30.5 Å². The van der Waals surface area contributed by atoms with Crippen LogP contribution in [0.1, 0.15) is 41.7 Å². The number of hydrogen-bond acceptors (Lipinski definition) is 4. The molecule has 0 saturated heterocycles. The van der Waals surface area contributed by atoms with Gasteiger partial charge in [0, 0.05) is 5.69 Å². The maximum absolute atomic E-state index is 12.5. The molecular formula is C18H18N4O3. The standard InChI is InChI=1S/C18H18N4O3/c1-12-15(16(23)24)10-20-22(12)14-6-4-5-13(9-14)21-17(25)18(11-19)7-2-3-8-18/h4-6,9-10H,2-3,7-8H2,1H3,(H,21,25)(H,23,24). The molecule has 1 amide bonds. The smallest absolute Gasteiger partial charge is 0.339 e. The van der Waals surface area contributed by atoms with Crippen molar-refractivity contribution >= 4 is 17.6 Å². The van der Waals surface area contributed by atoms with E-state index in [0.29, 0.717) is 29.9 Å². The van der Waals surface area contributed by atoms with Gasteiger partial charge in [0.25, 0.3) is 0 Å². The maximum Gasteiger partial charge on any atom is 0.339 e. The fourth-order valence-electron chi connectivity index (χ4n) is 3.21. The van der Waals surface area contributed by atoms with Gasteiger partial charge in [0.1, 0.15) is 11.0 Å². The first-order chi connectivity index (χ1) is 12.0. The predicted octanol–water partition coefficient (Wildman–Crippen LogP) is 2.90. The summed E-state index contributed by atoms with van der Waals surface area (Å²) in [5.41, 5.74) is 0.869. The Kier molecular flexibility index (Phi) is 4.28. The van der Waals surface area contributed by atoms with Gasteiger partial charge in [-0.3, -0.25) is 4.79 Å². The molecule has 3 rings (SSSR count). The highest BCUT2D eigenvalue weighted by Crippen LogP contribution is 2.38. The predicted molar refractivity (Wildman–Crippen MR) is 90.4 cm³/mol. The highest BCUT2D eigenvalue weighted by atomic mass is 16.4. The van der Waals surface area contributed by atoms with Crippen LogP contribution in [0, 0.1) is 23.7 Å². The zero-order valence-electron chi connectivity index (χ0n) is 13.8. The van der Waals surface area contributed by atoms with Crippen molar-refractivity contribution in [3.05, 3.63) is 41.7 Å². The van der Waals surface area contributed by atoms with E-state index < -0.39 is 11.4 Å². The topological polar surface area (TPSA) is 108 Å². The SMILES string of the molecule is Cc1c(C(=O)O)cnn1-c1cccc(NC(=O)C2(C#N)CCCC2)c1. The van der Waals surface area contributed by atoms with E-state index in [1.807, 2.05) is 0 Å². The molecule has 2 aromatic rings. The molecule has 25 heavy (non-hydrogen) atoms. The van der Waals surface area contributed by atoms with Crippen LogP contribution in [-0.4, -0.2) is 26.8 Å². The van der Waals surface area contributed by atoms with Crippen molar-refractivity contribution in [2.45, 2.75) is 32.6 Å². The van der Waals surface area contributed by atoms with Crippen LogP contribution in [0.2, 0.25) is 0 Å². The number of nitrogens with one attached hydrogen (secondary N) is 1. The minimum Gasteiger partial charge on any atom is -0.478 e. The average Bonchev–Trinajstić information content (AvgIpc) is 3.22. The number of carbonyl (C=O) groups excluding carboxylic acids is 1. The summed E-state index contributed by atoms with van der Waals surface area (Å²) in [4.78, 5) is 23.7. The van der Waals surface area contributed by atoms with Crippen molar-refractivity contribution < 1.29 is 14.7 Å². The monoisotopic (exact) mass is 338 g/mol. The number of aromatic carboxylic acids is 1. The molecule has 1 aliphatic rings. The molecule has 0 aliphatic heterocycles. The van der Waals surface area contributed by atoms with Crippen LogP contribution in [0.25, 0.3) is 5.69 Å². The summed E-state index contributed by atoms with van der Waals surface area (Å²) in [5, 5.41) is 25.5. The number of amides is 1. The molecule has 0 radical (unpaired) electrons. The number of nitriles is 1. The Balaban J connectivity index is 1.86. The zero-order chi connectivity index (χ0) is 18.0. The minimum atomic E-state index is -1.04. The number of carbonyl (C=O) groups is 2. The third kappa shape index (κ3) is 2.98. The van der Waals surface area contributed by atoms with Gasteiger partial charge in [0.15, 0.2) is 0 Å². The number of carboxylic acid groups (broad SMARTS) is 1. The van der Waals surface area contributed by atoms with Gasteiger partial charge in [-0.1, -0.05) is 18.9 Å². The lowest BCUT2D eigenvalue weighted by atomic mass is 9.87. The van der Waals surface area contributed by atoms with Crippen molar-refractivity contribution in [2.24, 2.45) is 5.41 Å². The van der Waals surface area contributed by atoms with Gasteiger partial charge in [-0.05, 0) is 38.0 Å². The van der Waals surface area contributed by atoms with E-state index in [9.17, 15) is 14.9 Å². The minimum absolute atomic E-state index is 0.129. The number of anilines is 1. The molecule has 7 nitrogen and oxygen atoms in total. The second kappa shape index (κ2) is 6.40. The summed E-state index contributed by atoms with van der Waals surface area (Å²) in [6.45, 7) is 1.67. The maximum atomic E-state index is 12.5. The van der Waals surface area contributed by atoms with E-state index >= 15 is 0 Å². The molecular weight excluding hydrogens is 320 g/mol. The summed E-state index contributed by atoms with van der Waals surface area (Å²) < 4.78 is 1.51. The Bertz CT molecular complexity index is 873. The van der Waals surface area contributed by atoms with Crippen LogP contribution in [0.5, 0.6) is 0 Å². The van der Waals surface area contributed by atoms with E-state index in [0.717, 1.165) is 12.8 Å². The molecule has 2 N–H and O–H groups in total. The molecule has 0 atom stereocenters. The van der Waals surface area contributed by atoms with E-state index in [1.165, 1.54) is 10.9 Å². The summed E-state index contributed by atoms with van der Waals surface area (Å²) >= 11 is 0. The lowest BCUT2D eigenvalue weighted by molar-refractivity contribution is -0.122. The molecule has 0 bridgehead atoms. The first kappa shape index (κ1) is 16.7. The number of rotatable bonds is 4. The highest BCUT2D eigenvalue weighted by molar-refractivity contribution is 5.97. The van der Waals surface area contributed by atoms with Gasteiger partial charge in [-0.25, -0.2) is 9.48 Å². The number of hydrogen-bond donors (Lipinski definition) is 2. The third-order valence-electron chi connectivity index (χ3n) is 4.69. The summed E-state index contributed by atoms with van der Waals surface area (Å²) in [5.74, 6) is -1.32. The number of nitrogens with zero attached hydrogens (tertiary/aromatic N) is 3. The van der Waals surface area contributed by atoms with Crippen LogP contribution < -0.4 is 5.32 Å². The molecule has 1 fully saturated rings. The van der Waals surface area contributed by atoms with E-state index in [4.69, 9.17) is 5.11 Å². The largest absolute Gasteiger partial charge is 0.478 e. The molecule has 1 aromatic heterocycles. The molecule has 128 valence electrons. The van der Waals surface area contributed by atoms with Gasteiger partial charge in [-0.15, -0.1) is 0 Å². The molecule has 1 heterocycles. The molecule has 1 aromatic carbocycles. The van der Waals surface area contributed by atoms with E-state index in [1.54, 1.807) is 31.2 Å². The Morgan fingerprint density at radius 3 is 2.68 bits per heavy atom. The van der Waals surface area contributed by atoms with Crippen molar-refractivity contribution in [3.63, 3.8) is 0 Å². The molecule has 0 unspecified atom stereocenters. The second-order valence-corrected chi connectivity index (χ2v) is 6.27. The van der Waals surface area contributed by atoms with E-state index in [2.05, 4.69) is 16.5 Å². The summed E-state index contributed by atoms with van der Waals surface area (Å²) in [7, 11) is 0. The Hall–Kier alpha value is -3.14. The highest BCUT2D eigenvalue weighted by Gasteiger charge is 2.41. The average molecular weight is 338 g/mol. The van der Waals surface area contributed by atoms with Crippen LogP contribution in [0.4, 0.5) is 5.69 Å². The van der Waals surface area contributed by atoms with Crippen molar-refractivity contribution in [3.8, 4) is 11.8 Å². The Morgan fingerprint density at radius 1 is 1.36 bits per heavy atom. The van der Waals surface area contributed by atoms with Crippen molar-refractivity contribution in [1.29, 1.82) is 5.26 Å². The summed E-state index contributed by atoms with van der Waals surface area (Å²) in [6.07, 6.45) is 4.22. The Morgan fingerprint density at radius 2 is 2.08 bits per heavy atom. The van der Waals surface area contributed by atoms with E-state index in [-0.39, 0.29) is 11.5 Å². The van der Waals surface area contributed by atoms with Crippen molar-refractivity contribution in [2.75, 3.05) is 5.32 Å². The molecule has 1 aliphatic carbocycles. The first-order valence-corrected chi connectivity index (χ1v) is 8.08. The molecule has 1 saturated carbocycles. The van der Waals surface area contributed by atoms with Crippen LogP contribution in [-0.2, 0) is 4.79 Å². The van der Waals surface area contributed by atoms with Gasteiger partial charge < -0.3 is 10.4 Å². The lowest BCUT2D eigenvalue weighted by Gasteiger charge is -2.19. The molecule has 0 spiro atoms.